The summed E-state index contributed by atoms with van der Waals surface area (Å²) in [7, 11) is 0. The van der Waals surface area contributed by atoms with Crippen molar-refractivity contribution in [2.75, 3.05) is 0 Å². The van der Waals surface area contributed by atoms with Crippen molar-refractivity contribution in [2.24, 2.45) is 5.10 Å². The molecule has 3 heterocycles. The Morgan fingerprint density at radius 1 is 1.06 bits per heavy atom. The third kappa shape index (κ3) is 5.33. The van der Waals surface area contributed by atoms with Crippen LogP contribution in [-0.2, 0) is 6.54 Å². The van der Waals surface area contributed by atoms with Crippen molar-refractivity contribution < 1.29 is 9.59 Å². The van der Waals surface area contributed by atoms with Gasteiger partial charge in [0.25, 0.3) is 17.4 Å². The van der Waals surface area contributed by atoms with Crippen LogP contribution < -0.4 is 16.3 Å². The average Bonchev–Trinajstić information content (AvgIpc) is 3.48. The molecule has 9 nitrogen and oxygen atoms in total. The van der Waals surface area contributed by atoms with Crippen LogP contribution in [0.25, 0.3) is 5.69 Å². The number of benzene rings is 1. The fourth-order valence-electron chi connectivity index (χ4n) is 3.62. The second-order valence-corrected chi connectivity index (χ2v) is 9.45. The lowest BCUT2D eigenvalue weighted by Gasteiger charge is -2.05. The number of amides is 2. The molecule has 36 heavy (non-hydrogen) atoms. The molecule has 0 saturated heterocycles. The van der Waals surface area contributed by atoms with Crippen LogP contribution in [0.5, 0.6) is 0 Å². The first-order chi connectivity index (χ1) is 17.2. The molecule has 0 fully saturated rings. The van der Waals surface area contributed by atoms with E-state index in [4.69, 9.17) is 0 Å². The van der Waals surface area contributed by atoms with Gasteiger partial charge in [-0.25, -0.2) is 10.1 Å². The second kappa shape index (κ2) is 10.5. The number of carbonyl (C=O) groups excluding carboxylic acids is 2. The van der Waals surface area contributed by atoms with Gasteiger partial charge in [0, 0.05) is 24.6 Å². The van der Waals surface area contributed by atoms with E-state index in [1.807, 2.05) is 38.1 Å². The van der Waals surface area contributed by atoms with E-state index in [2.05, 4.69) is 25.9 Å². The van der Waals surface area contributed by atoms with Crippen molar-refractivity contribution in [3.63, 3.8) is 0 Å². The third-order valence-electron chi connectivity index (χ3n) is 5.74. The average molecular weight is 503 g/mol. The number of rotatable bonds is 7. The zero-order valence-electron chi connectivity index (χ0n) is 20.4. The smallest absolute Gasteiger partial charge is 0.281 e. The second-order valence-electron chi connectivity index (χ2n) is 8.37. The third-order valence-corrected chi connectivity index (χ3v) is 6.82. The van der Waals surface area contributed by atoms with E-state index in [9.17, 15) is 14.4 Å². The van der Waals surface area contributed by atoms with E-state index in [0.29, 0.717) is 33.3 Å². The molecule has 0 aliphatic heterocycles. The number of carbonyl (C=O) groups is 2. The van der Waals surface area contributed by atoms with Crippen LogP contribution in [0.2, 0.25) is 0 Å². The quantitative estimate of drug-likeness (QED) is 0.264. The molecule has 4 rings (SSSR count). The molecular weight excluding hydrogens is 476 g/mol. The van der Waals surface area contributed by atoms with Gasteiger partial charge >= 0.3 is 0 Å². The molecule has 0 unspecified atom stereocenters. The Kier molecular flexibility index (Phi) is 7.25. The maximum Gasteiger partial charge on any atom is 0.281 e. The molecule has 3 N–H and O–H groups in total. The summed E-state index contributed by atoms with van der Waals surface area (Å²) in [5.41, 5.74) is 7.44. The van der Waals surface area contributed by atoms with Crippen molar-refractivity contribution in [1.29, 1.82) is 0 Å². The van der Waals surface area contributed by atoms with Crippen LogP contribution >= 0.6 is 11.3 Å². The lowest BCUT2D eigenvalue weighted by Crippen LogP contribution is -2.23. The molecule has 184 valence electrons. The zero-order valence-corrected chi connectivity index (χ0v) is 21.2. The number of hydrogen-bond donors (Lipinski definition) is 3. The van der Waals surface area contributed by atoms with Crippen LogP contribution in [0, 0.1) is 20.8 Å². The lowest BCUT2D eigenvalue weighted by atomic mass is 10.1. The normalized spacial score (nSPS) is 11.4. The maximum absolute atomic E-state index is 13.1. The summed E-state index contributed by atoms with van der Waals surface area (Å²) in [5.74, 6) is -0.745. The molecule has 0 atom stereocenters. The number of hydrogen-bond acceptors (Lipinski definition) is 6. The monoisotopic (exact) mass is 502 g/mol. The number of nitrogens with zero attached hydrogens (tertiary/aromatic N) is 3. The zero-order chi connectivity index (χ0) is 25.8. The van der Waals surface area contributed by atoms with Gasteiger partial charge in [0.15, 0.2) is 0 Å². The molecule has 10 heteroatoms. The van der Waals surface area contributed by atoms with Crippen LogP contribution in [0.15, 0.2) is 64.8 Å². The summed E-state index contributed by atoms with van der Waals surface area (Å²) in [6.07, 6.45) is 3.34. The van der Waals surface area contributed by atoms with Gasteiger partial charge in [0.05, 0.1) is 26.7 Å². The predicted octanol–water partition coefficient (Wildman–Crippen LogP) is 3.63. The van der Waals surface area contributed by atoms with Crippen molar-refractivity contribution in [2.45, 2.75) is 34.2 Å². The van der Waals surface area contributed by atoms with Gasteiger partial charge in [-0.2, -0.15) is 5.10 Å². The van der Waals surface area contributed by atoms with E-state index in [1.54, 1.807) is 44.4 Å². The Morgan fingerprint density at radius 2 is 1.81 bits per heavy atom. The van der Waals surface area contributed by atoms with Crippen LogP contribution in [-0.4, -0.2) is 32.3 Å². The molecule has 0 aliphatic rings. The van der Waals surface area contributed by atoms with Gasteiger partial charge in [-0.15, -0.1) is 11.3 Å². The number of pyridine rings is 1. The minimum absolute atomic E-state index is 0.255. The Hall–Kier alpha value is -4.31. The number of thiophene rings is 1. The Morgan fingerprint density at radius 3 is 2.50 bits per heavy atom. The molecule has 0 bridgehead atoms. The molecule has 2 amide bonds. The summed E-state index contributed by atoms with van der Waals surface area (Å²) in [6.45, 7) is 7.78. The topological polar surface area (TPSA) is 121 Å². The highest BCUT2D eigenvalue weighted by Gasteiger charge is 2.17. The molecule has 3 aromatic heterocycles. The SMILES string of the molecule is C/C(=N\NC(=O)c1ccc(C(=O)NCc2cccnc2)s1)c1c(C)[nH]n(-c2ccc(C)c(C)c2)c1=O. The van der Waals surface area contributed by atoms with Gasteiger partial charge < -0.3 is 5.32 Å². The van der Waals surface area contributed by atoms with E-state index in [-0.39, 0.29) is 11.5 Å². The molecule has 4 aromatic rings. The minimum atomic E-state index is -0.465. The molecule has 0 aliphatic carbocycles. The van der Waals surface area contributed by atoms with Gasteiger partial charge in [-0.3, -0.25) is 24.5 Å². The predicted molar refractivity (Wildman–Crippen MR) is 140 cm³/mol. The van der Waals surface area contributed by atoms with Crippen LogP contribution in [0.3, 0.4) is 0 Å². The Bertz CT molecular complexity index is 1510. The summed E-state index contributed by atoms with van der Waals surface area (Å²) in [5, 5.41) is 10.0. The van der Waals surface area contributed by atoms with Gasteiger partial charge in [0.1, 0.15) is 0 Å². The number of hydrazone groups is 1. The van der Waals surface area contributed by atoms with E-state index < -0.39 is 5.91 Å². The maximum atomic E-state index is 13.1. The number of aromatic nitrogens is 3. The van der Waals surface area contributed by atoms with Gasteiger partial charge in [-0.1, -0.05) is 12.1 Å². The number of aryl methyl sites for hydroxylation is 3. The highest BCUT2D eigenvalue weighted by molar-refractivity contribution is 7.15. The molecule has 0 radical (unpaired) electrons. The molecule has 1 aromatic carbocycles. The Labute approximate surface area is 211 Å². The highest BCUT2D eigenvalue weighted by atomic mass is 32.1. The summed E-state index contributed by atoms with van der Waals surface area (Å²) in [4.78, 5) is 42.9. The Balaban J connectivity index is 1.44. The number of nitrogens with one attached hydrogen (secondary N) is 3. The highest BCUT2D eigenvalue weighted by Crippen LogP contribution is 2.17. The standard InChI is InChI=1S/C26H26N6O3S/c1-15-7-8-20(12-16(15)2)32-26(35)23(18(4)31-32)17(3)29-30-25(34)22-10-9-21(36-22)24(33)28-14-19-6-5-11-27-13-19/h5-13,31H,14H2,1-4H3,(H,28,33)(H,30,34)/b29-17+. The van der Waals surface area contributed by atoms with Crippen molar-refractivity contribution >= 4 is 28.9 Å². The van der Waals surface area contributed by atoms with Crippen molar-refractivity contribution in [3.05, 3.63) is 103 Å². The van der Waals surface area contributed by atoms with Crippen LogP contribution in [0.4, 0.5) is 0 Å². The first kappa shape index (κ1) is 24.8. The van der Waals surface area contributed by atoms with E-state index in [1.165, 1.54) is 4.68 Å². The van der Waals surface area contributed by atoms with Gasteiger partial charge in [0.2, 0.25) is 0 Å². The number of aromatic amines is 1. The van der Waals surface area contributed by atoms with Crippen molar-refractivity contribution in [1.82, 2.24) is 25.5 Å². The summed E-state index contributed by atoms with van der Waals surface area (Å²) in [6, 6.07) is 12.6. The van der Waals surface area contributed by atoms with Crippen molar-refractivity contribution in [3.8, 4) is 5.69 Å². The van der Waals surface area contributed by atoms with E-state index >= 15 is 0 Å². The van der Waals surface area contributed by atoms with Crippen LogP contribution in [0.1, 0.15) is 54.2 Å². The fourth-order valence-corrected chi connectivity index (χ4v) is 4.43. The summed E-state index contributed by atoms with van der Waals surface area (Å²) >= 11 is 1.06. The number of H-pyrrole nitrogens is 1. The molecule has 0 saturated carbocycles. The van der Waals surface area contributed by atoms with E-state index in [0.717, 1.165) is 33.7 Å². The largest absolute Gasteiger partial charge is 0.347 e. The van der Waals surface area contributed by atoms with Gasteiger partial charge in [-0.05, 0) is 74.7 Å². The molecular formula is C26H26N6O3S. The summed E-state index contributed by atoms with van der Waals surface area (Å²) < 4.78 is 1.47. The molecule has 0 spiro atoms. The first-order valence-corrected chi connectivity index (χ1v) is 12.1. The lowest BCUT2D eigenvalue weighted by molar-refractivity contribution is 0.0950. The first-order valence-electron chi connectivity index (χ1n) is 11.3. The minimum Gasteiger partial charge on any atom is -0.347 e. The fraction of sp³-hybridized carbons (Fsp3) is 0.192.